The van der Waals surface area contributed by atoms with Gasteiger partial charge in [-0.15, -0.1) is 0 Å². The van der Waals surface area contributed by atoms with Crippen molar-refractivity contribution in [3.05, 3.63) is 0 Å². The van der Waals surface area contributed by atoms with Crippen molar-refractivity contribution >= 4 is 58.5 Å². The molecule has 0 saturated carbocycles. The molecule has 0 aromatic heterocycles. The molecule has 0 radical (unpaired) electrons. The van der Waals surface area contributed by atoms with Gasteiger partial charge in [-0.25, -0.2) is 0 Å². The normalized spacial score (nSPS) is 6.73. The predicted octanol–water partition coefficient (Wildman–Crippen LogP) is -26.3. The number of hydrogen-bond donors (Lipinski definition) is 0. The van der Waals surface area contributed by atoms with Crippen LogP contribution in [0.4, 0.5) is 17.3 Å². The molecule has 0 aliphatic rings. The van der Waals surface area contributed by atoms with Crippen LogP contribution in [0.2, 0.25) is 0 Å². The van der Waals surface area contributed by atoms with E-state index in [2.05, 4.69) is 0 Å². The topological polar surface area (TPSA) is 484 Å². The Balaban J connectivity index is -0.0000000190. The van der Waals surface area contributed by atoms with Crippen molar-refractivity contribution in [2.75, 3.05) is 0 Å². The Bertz CT molecular complexity index is 213. The van der Waals surface area contributed by atoms with E-state index in [9.17, 15) is 17.3 Å². The third kappa shape index (κ3) is 10800. The number of hydrogen-bond acceptors (Lipinski definition) is 21. The Morgan fingerprint density at radius 3 is 0.270 bits per heavy atom. The molecule has 0 aromatic rings. The van der Waals surface area contributed by atoms with Crippen molar-refractivity contribution in [3.63, 3.8) is 0 Å². The Kier molecular flexibility index (Phi) is 129. The van der Waals surface area contributed by atoms with Gasteiger partial charge in [0.2, 0.25) is 0 Å². The number of halogens is 4. The first-order chi connectivity index (χ1) is 14.1. The second-order valence-electron chi connectivity index (χ2n) is 2.52. The van der Waals surface area contributed by atoms with Crippen LogP contribution >= 0.6 is 0 Å². The van der Waals surface area contributed by atoms with E-state index in [0.29, 0.717) is 0 Å². The van der Waals surface area contributed by atoms with Gasteiger partial charge in [-0.1, -0.05) is 0 Å². The smallest absolute Gasteiger partial charge is 0.673 e. The fourth-order valence-corrected chi connectivity index (χ4v) is 0. The van der Waals surface area contributed by atoms with Crippen LogP contribution in [0.5, 0.6) is 0 Å². The van der Waals surface area contributed by atoms with Crippen molar-refractivity contribution < 1.29 is 207 Å². The largest absolute Gasteiger partial charge is 0.907 e. The molecule has 0 atom stereocenters. The molecule has 0 spiro atoms. The van der Waals surface area contributed by atoms with Crippen LogP contribution < -0.4 is 106 Å². The summed E-state index contributed by atoms with van der Waals surface area (Å²) in [6.07, 6.45) is 0. The minimum atomic E-state index is -6.00. The molecule has 0 aromatic carbocycles. The zero-order valence-corrected chi connectivity index (χ0v) is 28.7. The Morgan fingerprint density at radius 2 is 0.270 bits per heavy atom. The van der Waals surface area contributed by atoms with Crippen molar-refractivity contribution in [1.29, 1.82) is 0 Å². The first-order valence-electron chi connectivity index (χ1n) is 5.82. The maximum atomic E-state index is 9.75. The Labute approximate surface area is 264 Å². The van der Waals surface area contributed by atoms with Crippen molar-refractivity contribution in [1.82, 2.24) is 0 Å². The molecule has 0 amide bonds. The van der Waals surface area contributed by atoms with Crippen LogP contribution in [-0.2, 0) is 84.6 Å². The summed E-state index contributed by atoms with van der Waals surface area (Å²) in [5.74, 6) is 0. The Morgan fingerprint density at radius 1 is 0.270 bits per heavy atom. The first-order valence-corrected chi connectivity index (χ1v) is 5.82. The zero-order chi connectivity index (χ0) is 29.5. The molecular weight excluding hydrogens is 786 g/mol. The summed E-state index contributed by atoms with van der Waals surface area (Å²) < 4.78 is 39.0. The third-order valence-electron chi connectivity index (χ3n) is 0. The van der Waals surface area contributed by atoms with Crippen molar-refractivity contribution in [3.8, 4) is 0 Å². The minimum absolute atomic E-state index is 0. The van der Waals surface area contributed by atoms with Crippen LogP contribution in [-0.4, -0.2) is 58.5 Å². The van der Waals surface area contributed by atoms with Crippen LogP contribution in [0.1, 0.15) is 0 Å². The molecule has 210 valence electrons. The third-order valence-corrected chi connectivity index (χ3v) is 0. The van der Waals surface area contributed by atoms with Gasteiger partial charge in [0.1, 0.15) is 0 Å². The summed E-state index contributed by atoms with van der Waals surface area (Å²) in [5, 5.41) is 177. The van der Waals surface area contributed by atoms with E-state index < -0.39 is 58.5 Å². The molecule has 0 heterocycles. The van der Waals surface area contributed by atoms with E-state index in [-0.39, 0.29) is 84.6 Å². The molecule has 37 heavy (non-hydrogen) atoms. The molecule has 0 N–H and O–H groups in total. The molecule has 0 unspecified atom stereocenters. The summed E-state index contributed by atoms with van der Waals surface area (Å²) in [7, 11) is -26.4. The van der Waals surface area contributed by atoms with Gasteiger partial charge in [-0.2, -0.15) is 0 Å². The summed E-state index contributed by atoms with van der Waals surface area (Å²) in [4.78, 5) is 0. The van der Waals surface area contributed by atoms with Gasteiger partial charge >= 0.3 is 7.25 Å². The van der Waals surface area contributed by atoms with Crippen LogP contribution in [0.3, 0.4) is 0 Å². The molecular formula is B8F4O21Zn3Zr-22. The van der Waals surface area contributed by atoms with Gasteiger partial charge in [0, 0.05) is 84.6 Å². The van der Waals surface area contributed by atoms with Gasteiger partial charge < -0.3 is 123 Å². The second-order valence-corrected chi connectivity index (χ2v) is 2.52. The van der Waals surface area contributed by atoms with Crippen LogP contribution in [0.15, 0.2) is 0 Å². The number of rotatable bonds is 0. The summed E-state index contributed by atoms with van der Waals surface area (Å²) in [6, 6.07) is 0. The van der Waals surface area contributed by atoms with E-state index >= 15 is 0 Å². The maximum Gasteiger partial charge on any atom is 0.673 e. The van der Waals surface area contributed by atoms with Crippen LogP contribution in [0, 0.1) is 0 Å². The summed E-state index contributed by atoms with van der Waals surface area (Å²) >= 11 is 0. The molecule has 21 nitrogen and oxygen atoms in total. The molecule has 0 saturated heterocycles. The molecule has 0 aliphatic carbocycles. The maximum absolute atomic E-state index is 9.75. The van der Waals surface area contributed by atoms with E-state index in [0.717, 1.165) is 0 Å². The van der Waals surface area contributed by atoms with Crippen molar-refractivity contribution in [2.24, 2.45) is 0 Å². The van der Waals surface area contributed by atoms with Gasteiger partial charge in [0.15, 0.2) is 0 Å². The van der Waals surface area contributed by atoms with Gasteiger partial charge in [0.25, 0.3) is 0 Å². The SMILES string of the molecule is F[B-](F)(F)F.[O-]B([O-])[O-].[O-]B([O-])[O-].[O-]B([O-])[O-].[O-]B([O-])[O-].[O-]B([O-])[O-].[O-]B([O-])[O-].[O-]B([O-])[O-].[Zn].[Zn].[Zn].[Zr]. The molecule has 0 bridgehead atoms. The van der Waals surface area contributed by atoms with Gasteiger partial charge in [-0.05, 0) is 0 Å². The minimum Gasteiger partial charge on any atom is -0.907 e. The average Bonchev–Trinajstić information content (AvgIpc) is 2.29. The monoisotopic (exact) mass is 782 g/mol. The van der Waals surface area contributed by atoms with E-state index in [4.69, 9.17) is 106 Å². The quantitative estimate of drug-likeness (QED) is 0.162. The molecule has 37 heteroatoms. The second kappa shape index (κ2) is 62.0. The molecule has 0 aliphatic heterocycles. The van der Waals surface area contributed by atoms with Crippen LogP contribution in [0.25, 0.3) is 0 Å². The van der Waals surface area contributed by atoms with E-state index in [1.54, 1.807) is 0 Å². The van der Waals surface area contributed by atoms with E-state index in [1.165, 1.54) is 0 Å². The summed E-state index contributed by atoms with van der Waals surface area (Å²) in [5.41, 5.74) is 0. The fraction of sp³-hybridized carbons (Fsp3) is 0. The average molecular weight is 786 g/mol. The fourth-order valence-electron chi connectivity index (χ4n) is 0. The van der Waals surface area contributed by atoms with Gasteiger partial charge in [0.05, 0.1) is 0 Å². The zero-order valence-electron chi connectivity index (χ0n) is 17.3. The van der Waals surface area contributed by atoms with Crippen molar-refractivity contribution in [2.45, 2.75) is 0 Å². The predicted molar refractivity (Wildman–Crippen MR) is 50.5 cm³/mol. The molecule has 0 fully saturated rings. The molecule has 0 rings (SSSR count). The summed E-state index contributed by atoms with van der Waals surface area (Å²) in [6.45, 7) is 0. The Hall–Kier alpha value is 2.15. The van der Waals surface area contributed by atoms with Gasteiger partial charge in [-0.3, -0.25) is 51.2 Å². The van der Waals surface area contributed by atoms with E-state index in [1.807, 2.05) is 0 Å². The first kappa shape index (κ1) is 77.3. The standard InChI is InChI=1S/BF4.7BO3.3Zn.Zr/c2-1(3,4)5;7*2-1(3)4;;;;/q-1;7*-3;;;;.